The van der Waals surface area contributed by atoms with Gasteiger partial charge in [-0.2, -0.15) is 5.26 Å². The lowest BCUT2D eigenvalue weighted by atomic mass is 10.1. The van der Waals surface area contributed by atoms with Crippen LogP contribution in [0.2, 0.25) is 15.1 Å². The summed E-state index contributed by atoms with van der Waals surface area (Å²) in [6.45, 7) is 0.0114. The number of carbonyl (C=O) groups excluding carboxylic acids is 1. The molecule has 1 amide bonds. The smallest absolute Gasteiger partial charge is 0.266 e. The number of methoxy groups -OCH3 is 1. The van der Waals surface area contributed by atoms with Crippen LogP contribution in [0.3, 0.4) is 0 Å². The van der Waals surface area contributed by atoms with Crippen LogP contribution >= 0.6 is 34.8 Å². The molecule has 0 radical (unpaired) electrons. The Hall–Kier alpha value is -2.83. The molecule has 0 aliphatic rings. The molecule has 0 aliphatic heterocycles. The second-order valence-electron chi connectivity index (χ2n) is 5.25. The highest BCUT2D eigenvalue weighted by atomic mass is 35.5. The molecule has 0 unspecified atom stereocenters. The molecule has 2 aromatic carbocycles. The van der Waals surface area contributed by atoms with Gasteiger partial charge in [0.2, 0.25) is 0 Å². The predicted molar refractivity (Wildman–Crippen MR) is 111 cm³/mol. The Morgan fingerprint density at radius 3 is 2.68 bits per heavy atom. The van der Waals surface area contributed by atoms with Gasteiger partial charge in [-0.15, -0.1) is 6.42 Å². The van der Waals surface area contributed by atoms with E-state index >= 15 is 0 Å². The third-order valence-electron chi connectivity index (χ3n) is 3.43. The van der Waals surface area contributed by atoms with Gasteiger partial charge in [0.05, 0.1) is 27.9 Å². The summed E-state index contributed by atoms with van der Waals surface area (Å²) in [5.41, 5.74) is 0.569. The number of anilines is 1. The summed E-state index contributed by atoms with van der Waals surface area (Å²) in [4.78, 5) is 12.4. The molecule has 0 saturated heterocycles. The molecule has 0 atom stereocenters. The topological polar surface area (TPSA) is 71.3 Å². The first-order valence-electron chi connectivity index (χ1n) is 7.72. The first-order chi connectivity index (χ1) is 13.4. The lowest BCUT2D eigenvalue weighted by Gasteiger charge is -2.12. The molecule has 5 nitrogen and oxygen atoms in total. The molecule has 2 rings (SSSR count). The Bertz CT molecular complexity index is 1020. The van der Waals surface area contributed by atoms with Crippen LogP contribution in [0.25, 0.3) is 6.08 Å². The molecule has 0 aliphatic carbocycles. The van der Waals surface area contributed by atoms with Gasteiger partial charge in [-0.05, 0) is 35.9 Å². The molecule has 1 N–H and O–H groups in total. The number of hydrogen-bond acceptors (Lipinski definition) is 4. The molecule has 0 fully saturated rings. The fourth-order valence-corrected chi connectivity index (χ4v) is 2.80. The standard InChI is InChI=1S/C20H13Cl3N2O3/c1-3-7-28-19-15(22)9-12(10-17(19)27-2)8-13(11-24)20(26)25-16-6-4-5-14(21)18(16)23/h1,4-6,8-10H,7H2,2H3,(H,25,26)/b13-8-. The highest BCUT2D eigenvalue weighted by Crippen LogP contribution is 2.37. The summed E-state index contributed by atoms with van der Waals surface area (Å²) in [6, 6.07) is 9.70. The van der Waals surface area contributed by atoms with E-state index in [1.54, 1.807) is 24.3 Å². The van der Waals surface area contributed by atoms with Crippen molar-refractivity contribution in [2.45, 2.75) is 0 Å². The van der Waals surface area contributed by atoms with E-state index in [1.807, 2.05) is 6.07 Å². The molecular formula is C20H13Cl3N2O3. The monoisotopic (exact) mass is 434 g/mol. The number of nitriles is 1. The van der Waals surface area contributed by atoms with Gasteiger partial charge in [0.25, 0.3) is 5.91 Å². The molecule has 0 aromatic heterocycles. The minimum Gasteiger partial charge on any atom is -0.493 e. The lowest BCUT2D eigenvalue weighted by molar-refractivity contribution is -0.112. The van der Waals surface area contributed by atoms with Crippen molar-refractivity contribution in [1.29, 1.82) is 5.26 Å². The van der Waals surface area contributed by atoms with Crippen molar-refractivity contribution in [3.8, 4) is 29.9 Å². The number of benzene rings is 2. The Morgan fingerprint density at radius 1 is 1.29 bits per heavy atom. The van der Waals surface area contributed by atoms with E-state index in [-0.39, 0.29) is 38.7 Å². The summed E-state index contributed by atoms with van der Waals surface area (Å²) in [5.74, 6) is 2.26. The maximum atomic E-state index is 12.4. The van der Waals surface area contributed by atoms with Crippen LogP contribution in [0.1, 0.15) is 5.56 Å². The minimum atomic E-state index is -0.658. The van der Waals surface area contributed by atoms with Crippen molar-refractivity contribution in [2.24, 2.45) is 0 Å². The highest BCUT2D eigenvalue weighted by Gasteiger charge is 2.15. The highest BCUT2D eigenvalue weighted by molar-refractivity contribution is 6.44. The fourth-order valence-electron chi connectivity index (χ4n) is 2.18. The molecule has 8 heteroatoms. The van der Waals surface area contributed by atoms with Crippen molar-refractivity contribution < 1.29 is 14.3 Å². The SMILES string of the molecule is C#CCOc1c(Cl)cc(/C=C(/C#N)C(=O)Nc2cccc(Cl)c2Cl)cc1OC. The first-order valence-corrected chi connectivity index (χ1v) is 8.85. The van der Waals surface area contributed by atoms with Crippen molar-refractivity contribution in [3.63, 3.8) is 0 Å². The number of halogens is 3. The van der Waals surface area contributed by atoms with E-state index < -0.39 is 5.91 Å². The average Bonchev–Trinajstić information content (AvgIpc) is 2.68. The molecule has 2 aromatic rings. The zero-order chi connectivity index (χ0) is 20.7. The van der Waals surface area contributed by atoms with E-state index in [0.29, 0.717) is 11.3 Å². The van der Waals surface area contributed by atoms with Gasteiger partial charge in [-0.25, -0.2) is 0 Å². The largest absolute Gasteiger partial charge is 0.493 e. The van der Waals surface area contributed by atoms with Crippen molar-refractivity contribution in [2.75, 3.05) is 19.0 Å². The predicted octanol–water partition coefficient (Wildman–Crippen LogP) is 5.21. The van der Waals surface area contributed by atoms with Crippen molar-refractivity contribution in [1.82, 2.24) is 0 Å². The van der Waals surface area contributed by atoms with Crippen LogP contribution < -0.4 is 14.8 Å². The Balaban J connectivity index is 2.34. The maximum absolute atomic E-state index is 12.4. The third-order valence-corrected chi connectivity index (χ3v) is 4.53. The molecule has 28 heavy (non-hydrogen) atoms. The lowest BCUT2D eigenvalue weighted by Crippen LogP contribution is -2.13. The van der Waals surface area contributed by atoms with E-state index in [9.17, 15) is 10.1 Å². The van der Waals surface area contributed by atoms with Crippen molar-refractivity contribution >= 4 is 52.5 Å². The number of carbonyl (C=O) groups is 1. The quantitative estimate of drug-likeness (QED) is 0.384. The zero-order valence-electron chi connectivity index (χ0n) is 14.6. The van der Waals surface area contributed by atoms with Gasteiger partial charge in [-0.1, -0.05) is 46.8 Å². The van der Waals surface area contributed by atoms with Gasteiger partial charge in [0.15, 0.2) is 11.5 Å². The van der Waals surface area contributed by atoms with Crippen molar-refractivity contribution in [3.05, 3.63) is 56.5 Å². The fraction of sp³-hybridized carbons (Fsp3) is 0.100. The van der Waals surface area contributed by atoms with Gasteiger partial charge in [0.1, 0.15) is 18.2 Å². The van der Waals surface area contributed by atoms with E-state index in [2.05, 4.69) is 11.2 Å². The van der Waals surface area contributed by atoms with Gasteiger partial charge >= 0.3 is 0 Å². The minimum absolute atomic E-state index is 0.0114. The van der Waals surface area contributed by atoms with Crippen LogP contribution in [-0.2, 0) is 4.79 Å². The van der Waals surface area contributed by atoms with E-state index in [0.717, 1.165) is 0 Å². The normalized spacial score (nSPS) is 10.6. The van der Waals surface area contributed by atoms with Crippen LogP contribution in [-0.4, -0.2) is 19.6 Å². The van der Waals surface area contributed by atoms with Crippen LogP contribution in [0, 0.1) is 23.7 Å². The number of nitrogens with zero attached hydrogens (tertiary/aromatic N) is 1. The number of ether oxygens (including phenoxy) is 2. The number of terminal acetylenes is 1. The molecule has 0 bridgehead atoms. The van der Waals surface area contributed by atoms with E-state index in [1.165, 1.54) is 19.3 Å². The summed E-state index contributed by atoms with van der Waals surface area (Å²) in [7, 11) is 1.43. The molecule has 0 heterocycles. The van der Waals surface area contributed by atoms with E-state index in [4.69, 9.17) is 50.7 Å². The Labute approximate surface area is 177 Å². The number of nitrogens with one attached hydrogen (secondary N) is 1. The Morgan fingerprint density at radius 2 is 2.04 bits per heavy atom. The third kappa shape index (κ3) is 5.12. The molecule has 142 valence electrons. The first kappa shape index (κ1) is 21.5. The average molecular weight is 436 g/mol. The zero-order valence-corrected chi connectivity index (χ0v) is 16.8. The van der Waals surface area contributed by atoms with Crippen LogP contribution in [0.4, 0.5) is 5.69 Å². The summed E-state index contributed by atoms with van der Waals surface area (Å²) >= 11 is 18.2. The van der Waals surface area contributed by atoms with Crippen LogP contribution in [0.5, 0.6) is 11.5 Å². The number of amides is 1. The number of hydrogen-bond donors (Lipinski definition) is 1. The number of rotatable bonds is 6. The van der Waals surface area contributed by atoms with Gasteiger partial charge in [0, 0.05) is 0 Å². The van der Waals surface area contributed by atoms with Crippen LogP contribution in [0.15, 0.2) is 35.9 Å². The second-order valence-corrected chi connectivity index (χ2v) is 6.44. The molecule has 0 saturated carbocycles. The molecular weight excluding hydrogens is 423 g/mol. The summed E-state index contributed by atoms with van der Waals surface area (Å²) < 4.78 is 10.6. The summed E-state index contributed by atoms with van der Waals surface area (Å²) in [5, 5.41) is 12.6. The van der Waals surface area contributed by atoms with Gasteiger partial charge < -0.3 is 14.8 Å². The Kier molecular flexibility index (Phi) is 7.61. The maximum Gasteiger partial charge on any atom is 0.266 e. The van der Waals surface area contributed by atoms with Gasteiger partial charge in [-0.3, -0.25) is 4.79 Å². The summed E-state index contributed by atoms with van der Waals surface area (Å²) in [6.07, 6.45) is 6.54. The molecule has 0 spiro atoms. The second kappa shape index (κ2) is 9.92.